The van der Waals surface area contributed by atoms with E-state index in [9.17, 15) is 9.59 Å². The third-order valence-electron chi connectivity index (χ3n) is 4.20. The molecule has 7 heteroatoms. The van der Waals surface area contributed by atoms with E-state index in [1.54, 1.807) is 47.7 Å². The molecule has 0 radical (unpaired) electrons. The number of hydrogen-bond donors (Lipinski definition) is 1. The van der Waals surface area contributed by atoms with Gasteiger partial charge in [0, 0.05) is 10.6 Å². The molecule has 0 bridgehead atoms. The molecule has 1 aromatic carbocycles. The molecule has 0 aliphatic carbocycles. The largest absolute Gasteiger partial charge is 0.459 e. The van der Waals surface area contributed by atoms with Gasteiger partial charge >= 0.3 is 5.97 Å². The number of rotatable bonds is 5. The summed E-state index contributed by atoms with van der Waals surface area (Å²) in [5, 5.41) is 4.73. The summed E-state index contributed by atoms with van der Waals surface area (Å²) < 4.78 is 16.2. The second-order valence-electron chi connectivity index (χ2n) is 6.05. The molecule has 1 unspecified atom stereocenters. The van der Waals surface area contributed by atoms with Gasteiger partial charge in [-0.15, -0.1) is 11.3 Å². The van der Waals surface area contributed by atoms with E-state index in [1.807, 2.05) is 5.38 Å². The summed E-state index contributed by atoms with van der Waals surface area (Å²) in [4.78, 5) is 25.3. The fourth-order valence-corrected chi connectivity index (χ4v) is 3.91. The molecule has 2 aromatic heterocycles. The molecular formula is C20H17NO5S. The Kier molecular flexibility index (Phi) is 5.04. The minimum absolute atomic E-state index is 0.171. The Morgan fingerprint density at radius 1 is 1.19 bits per heavy atom. The number of furan rings is 1. The van der Waals surface area contributed by atoms with Crippen LogP contribution in [-0.2, 0) is 16.0 Å². The van der Waals surface area contributed by atoms with Crippen molar-refractivity contribution in [2.24, 2.45) is 0 Å². The van der Waals surface area contributed by atoms with Crippen molar-refractivity contribution in [1.29, 1.82) is 0 Å². The summed E-state index contributed by atoms with van der Waals surface area (Å²) >= 11 is 1.61. The number of amides is 1. The highest BCUT2D eigenvalue weighted by atomic mass is 32.1. The molecule has 6 nitrogen and oxygen atoms in total. The van der Waals surface area contributed by atoms with E-state index in [0.717, 1.165) is 11.3 Å². The van der Waals surface area contributed by atoms with Crippen molar-refractivity contribution in [2.75, 3.05) is 11.9 Å². The minimum Gasteiger partial charge on any atom is -0.459 e. The highest BCUT2D eigenvalue weighted by molar-refractivity contribution is 7.10. The van der Waals surface area contributed by atoms with Gasteiger partial charge in [-0.2, -0.15) is 0 Å². The predicted octanol–water partition coefficient (Wildman–Crippen LogP) is 4.20. The molecule has 27 heavy (non-hydrogen) atoms. The molecule has 0 saturated heterocycles. The van der Waals surface area contributed by atoms with Gasteiger partial charge in [0.1, 0.15) is 11.9 Å². The first-order chi connectivity index (χ1) is 13.2. The van der Waals surface area contributed by atoms with Crippen molar-refractivity contribution >= 4 is 28.9 Å². The number of fused-ring (bicyclic) bond motifs is 1. The van der Waals surface area contributed by atoms with Gasteiger partial charge in [0.15, 0.2) is 5.76 Å². The Morgan fingerprint density at radius 3 is 2.81 bits per heavy atom. The van der Waals surface area contributed by atoms with E-state index in [4.69, 9.17) is 13.9 Å². The number of thiophene rings is 1. The zero-order valence-corrected chi connectivity index (χ0v) is 15.2. The van der Waals surface area contributed by atoms with Crippen LogP contribution in [-0.4, -0.2) is 18.5 Å². The normalized spacial score (nSPS) is 15.8. The summed E-state index contributed by atoms with van der Waals surface area (Å²) in [7, 11) is 0. The third kappa shape index (κ3) is 4.10. The van der Waals surface area contributed by atoms with E-state index in [0.29, 0.717) is 18.0 Å². The first kappa shape index (κ1) is 17.5. The highest BCUT2D eigenvalue weighted by Crippen LogP contribution is 2.34. The first-order valence-corrected chi connectivity index (χ1v) is 9.40. The topological polar surface area (TPSA) is 77.8 Å². The zero-order valence-electron chi connectivity index (χ0n) is 14.3. The van der Waals surface area contributed by atoms with Crippen molar-refractivity contribution in [3.63, 3.8) is 0 Å². The molecule has 0 saturated carbocycles. The molecule has 1 N–H and O–H groups in total. The van der Waals surface area contributed by atoms with Crippen molar-refractivity contribution in [2.45, 2.75) is 18.9 Å². The van der Waals surface area contributed by atoms with Gasteiger partial charge in [-0.25, -0.2) is 0 Å². The fourth-order valence-electron chi connectivity index (χ4n) is 2.91. The summed E-state index contributed by atoms with van der Waals surface area (Å²) in [5.74, 6) is -0.0521. The Morgan fingerprint density at radius 2 is 2.04 bits per heavy atom. The van der Waals surface area contributed by atoms with Gasteiger partial charge in [0.05, 0.1) is 19.3 Å². The van der Waals surface area contributed by atoms with Crippen LogP contribution in [0.3, 0.4) is 0 Å². The molecular weight excluding hydrogens is 366 g/mol. The van der Waals surface area contributed by atoms with Crippen LogP contribution in [0.5, 0.6) is 5.75 Å². The van der Waals surface area contributed by atoms with Gasteiger partial charge < -0.3 is 19.2 Å². The van der Waals surface area contributed by atoms with Gasteiger partial charge in [-0.05, 0) is 59.8 Å². The van der Waals surface area contributed by atoms with Gasteiger partial charge in [-0.1, -0.05) is 0 Å². The molecule has 1 atom stereocenters. The van der Waals surface area contributed by atoms with Crippen LogP contribution >= 0.6 is 11.3 Å². The van der Waals surface area contributed by atoms with Crippen LogP contribution < -0.4 is 10.1 Å². The summed E-state index contributed by atoms with van der Waals surface area (Å²) in [6.07, 6.45) is 2.25. The number of anilines is 1. The SMILES string of the molecule is O=C(CC1OCCc2ccsc21)Oc1ccc(NC(=O)c2ccco2)cc1. The van der Waals surface area contributed by atoms with E-state index < -0.39 is 0 Å². The Bertz CT molecular complexity index is 930. The van der Waals surface area contributed by atoms with Crippen molar-refractivity contribution in [3.05, 3.63) is 70.3 Å². The highest BCUT2D eigenvalue weighted by Gasteiger charge is 2.25. The fraction of sp³-hybridized carbons (Fsp3) is 0.200. The Balaban J connectivity index is 1.33. The quantitative estimate of drug-likeness (QED) is 0.528. The maximum atomic E-state index is 12.3. The van der Waals surface area contributed by atoms with E-state index in [1.165, 1.54) is 11.8 Å². The van der Waals surface area contributed by atoms with Crippen LogP contribution in [0.1, 0.15) is 33.5 Å². The number of nitrogens with one attached hydrogen (secondary N) is 1. The molecule has 3 aromatic rings. The number of esters is 1. The lowest BCUT2D eigenvalue weighted by Crippen LogP contribution is -2.19. The molecule has 1 aliphatic rings. The van der Waals surface area contributed by atoms with Crippen LogP contribution in [0.15, 0.2) is 58.5 Å². The smallest absolute Gasteiger partial charge is 0.314 e. The maximum Gasteiger partial charge on any atom is 0.314 e. The third-order valence-corrected chi connectivity index (χ3v) is 5.26. The van der Waals surface area contributed by atoms with Gasteiger partial charge in [-0.3, -0.25) is 9.59 Å². The minimum atomic E-state index is -0.353. The molecule has 0 spiro atoms. The summed E-state index contributed by atoms with van der Waals surface area (Å²) in [6.45, 7) is 0.617. The molecule has 1 amide bonds. The Hall–Kier alpha value is -2.90. The molecule has 4 rings (SSSR count). The van der Waals surface area contributed by atoms with E-state index >= 15 is 0 Å². The number of carbonyl (C=O) groups is 2. The molecule has 3 heterocycles. The predicted molar refractivity (Wildman–Crippen MR) is 100 cm³/mol. The zero-order chi connectivity index (χ0) is 18.6. The summed E-state index contributed by atoms with van der Waals surface area (Å²) in [6, 6.07) is 11.9. The number of hydrogen-bond acceptors (Lipinski definition) is 6. The van der Waals surface area contributed by atoms with Crippen LogP contribution in [0.4, 0.5) is 5.69 Å². The average molecular weight is 383 g/mol. The van der Waals surface area contributed by atoms with Crippen LogP contribution in [0, 0.1) is 0 Å². The molecule has 0 fully saturated rings. The second kappa shape index (κ2) is 7.77. The van der Waals surface area contributed by atoms with E-state index in [-0.39, 0.29) is 30.2 Å². The molecule has 138 valence electrons. The van der Waals surface area contributed by atoms with Crippen molar-refractivity contribution in [3.8, 4) is 5.75 Å². The standard InChI is InChI=1S/C20H17NO5S/c22-18(12-17-19-13(7-10-25-17)8-11-27-19)26-15-5-3-14(4-6-15)21-20(23)16-2-1-9-24-16/h1-6,8-9,11,17H,7,10,12H2,(H,21,23). The van der Waals surface area contributed by atoms with Gasteiger partial charge in [0.2, 0.25) is 0 Å². The molecule has 1 aliphatic heterocycles. The van der Waals surface area contributed by atoms with Crippen molar-refractivity contribution < 1.29 is 23.5 Å². The van der Waals surface area contributed by atoms with Gasteiger partial charge in [0.25, 0.3) is 5.91 Å². The monoisotopic (exact) mass is 383 g/mol. The average Bonchev–Trinajstić information content (AvgIpc) is 3.35. The number of carbonyl (C=O) groups excluding carboxylic acids is 2. The van der Waals surface area contributed by atoms with Crippen LogP contribution in [0.2, 0.25) is 0 Å². The lowest BCUT2D eigenvalue weighted by atomic mass is 10.1. The second-order valence-corrected chi connectivity index (χ2v) is 7.00. The van der Waals surface area contributed by atoms with E-state index in [2.05, 4.69) is 11.4 Å². The van der Waals surface area contributed by atoms with Crippen LogP contribution in [0.25, 0.3) is 0 Å². The lowest BCUT2D eigenvalue weighted by molar-refractivity contribution is -0.137. The first-order valence-electron chi connectivity index (χ1n) is 8.52. The number of ether oxygens (including phenoxy) is 2. The summed E-state index contributed by atoms with van der Waals surface area (Å²) in [5.41, 5.74) is 1.83. The lowest BCUT2D eigenvalue weighted by Gasteiger charge is -2.22. The maximum absolute atomic E-state index is 12.3. The van der Waals surface area contributed by atoms with Crippen molar-refractivity contribution in [1.82, 2.24) is 0 Å². The number of benzene rings is 1. The Labute approximate surface area is 159 Å².